The molecule has 0 aliphatic rings. The van der Waals surface area contributed by atoms with Crippen molar-refractivity contribution in [2.75, 3.05) is 0 Å². The van der Waals surface area contributed by atoms with Gasteiger partial charge in [0.2, 0.25) is 0 Å². The zero-order valence-electron chi connectivity index (χ0n) is 13.9. The average Bonchev–Trinajstić information content (AvgIpc) is 2.72. The molecular formula is C22H14N4. The molecule has 0 unspecified atom stereocenters. The first-order valence-corrected chi connectivity index (χ1v) is 7.93. The van der Waals surface area contributed by atoms with E-state index in [2.05, 4.69) is 20.9 Å². The SMILES string of the molecule is [C-]#[N+]c1ccc(C=Cc2cnc(C=Cc3ccc(C#N)cc3)cn2)cc1. The van der Waals surface area contributed by atoms with Crippen molar-refractivity contribution in [3.05, 3.63) is 100 Å². The van der Waals surface area contributed by atoms with E-state index in [1.807, 2.05) is 48.6 Å². The molecule has 1 aromatic heterocycles. The van der Waals surface area contributed by atoms with Crippen molar-refractivity contribution in [2.24, 2.45) is 0 Å². The Morgan fingerprint density at radius 3 is 1.69 bits per heavy atom. The Morgan fingerprint density at radius 1 is 0.769 bits per heavy atom. The van der Waals surface area contributed by atoms with Crippen LogP contribution in [0, 0.1) is 17.9 Å². The maximum absolute atomic E-state index is 8.80. The highest BCUT2D eigenvalue weighted by Gasteiger charge is 1.94. The standard InChI is InChI=1S/C22H14N4/c1-24-20-10-6-18(7-11-20)9-13-22-16-25-21(15-26-22)12-8-17-2-4-19(14-23)5-3-17/h2-13,15-16H. The Bertz CT molecular complexity index is 927. The van der Waals surface area contributed by atoms with Crippen LogP contribution in [0.25, 0.3) is 29.1 Å². The third-order valence-corrected chi connectivity index (χ3v) is 3.65. The van der Waals surface area contributed by atoms with E-state index in [0.29, 0.717) is 11.3 Å². The van der Waals surface area contributed by atoms with Gasteiger partial charge >= 0.3 is 0 Å². The fraction of sp³-hybridized carbons (Fsp3) is 0. The summed E-state index contributed by atoms with van der Waals surface area (Å²) in [6.45, 7) is 6.95. The summed E-state index contributed by atoms with van der Waals surface area (Å²) < 4.78 is 0. The highest BCUT2D eigenvalue weighted by atomic mass is 14.8. The lowest BCUT2D eigenvalue weighted by atomic mass is 10.1. The molecule has 0 saturated heterocycles. The third kappa shape index (κ3) is 4.50. The Kier molecular flexibility index (Phi) is 5.30. The molecule has 0 atom stereocenters. The number of nitriles is 1. The molecule has 3 rings (SSSR count). The van der Waals surface area contributed by atoms with Gasteiger partial charge in [-0.2, -0.15) is 5.26 Å². The second kappa shape index (κ2) is 8.19. The highest BCUT2D eigenvalue weighted by molar-refractivity contribution is 5.70. The van der Waals surface area contributed by atoms with Gasteiger partial charge in [-0.15, -0.1) is 0 Å². The van der Waals surface area contributed by atoms with Gasteiger partial charge < -0.3 is 0 Å². The van der Waals surface area contributed by atoms with E-state index in [-0.39, 0.29) is 0 Å². The number of benzene rings is 2. The first-order chi connectivity index (χ1) is 12.8. The quantitative estimate of drug-likeness (QED) is 0.613. The van der Waals surface area contributed by atoms with Crippen LogP contribution >= 0.6 is 0 Å². The highest BCUT2D eigenvalue weighted by Crippen LogP contribution is 2.14. The van der Waals surface area contributed by atoms with Gasteiger partial charge in [0.05, 0.1) is 42.0 Å². The number of nitrogens with zero attached hydrogens (tertiary/aromatic N) is 4. The minimum Gasteiger partial charge on any atom is -0.253 e. The molecule has 4 heteroatoms. The fourth-order valence-corrected chi connectivity index (χ4v) is 2.21. The summed E-state index contributed by atoms with van der Waals surface area (Å²) in [5, 5.41) is 8.80. The van der Waals surface area contributed by atoms with Crippen LogP contribution in [0.5, 0.6) is 0 Å². The second-order valence-electron chi connectivity index (χ2n) is 5.47. The van der Waals surface area contributed by atoms with Gasteiger partial charge in [-0.3, -0.25) is 9.97 Å². The summed E-state index contributed by atoms with van der Waals surface area (Å²) in [4.78, 5) is 12.1. The molecule has 0 bridgehead atoms. The van der Waals surface area contributed by atoms with Gasteiger partial charge in [0.1, 0.15) is 0 Å². The zero-order valence-corrected chi connectivity index (χ0v) is 13.9. The monoisotopic (exact) mass is 334 g/mol. The normalized spacial score (nSPS) is 10.7. The average molecular weight is 334 g/mol. The molecule has 0 aliphatic carbocycles. The van der Waals surface area contributed by atoms with E-state index in [4.69, 9.17) is 11.8 Å². The van der Waals surface area contributed by atoms with Crippen molar-refractivity contribution < 1.29 is 0 Å². The van der Waals surface area contributed by atoms with Crippen LogP contribution in [-0.4, -0.2) is 9.97 Å². The summed E-state index contributed by atoms with van der Waals surface area (Å²) in [6, 6.07) is 16.8. The van der Waals surface area contributed by atoms with Crippen LogP contribution < -0.4 is 0 Å². The summed E-state index contributed by atoms with van der Waals surface area (Å²) in [5.74, 6) is 0. The molecule has 26 heavy (non-hydrogen) atoms. The number of hydrogen-bond donors (Lipinski definition) is 0. The Labute approximate surface area is 152 Å². The molecule has 0 spiro atoms. The topological polar surface area (TPSA) is 53.9 Å². The first-order valence-electron chi connectivity index (χ1n) is 7.93. The number of hydrogen-bond acceptors (Lipinski definition) is 3. The lowest BCUT2D eigenvalue weighted by Gasteiger charge is -1.97. The van der Waals surface area contributed by atoms with E-state index in [1.165, 1.54) is 0 Å². The molecule has 3 aromatic rings. The molecule has 2 aromatic carbocycles. The van der Waals surface area contributed by atoms with Gasteiger partial charge in [-0.25, -0.2) is 4.85 Å². The molecule has 1 heterocycles. The van der Waals surface area contributed by atoms with Crippen molar-refractivity contribution in [3.8, 4) is 6.07 Å². The van der Waals surface area contributed by atoms with Crippen LogP contribution in [0.15, 0.2) is 60.9 Å². The molecule has 0 saturated carbocycles. The van der Waals surface area contributed by atoms with E-state index in [1.54, 1.807) is 36.7 Å². The van der Waals surface area contributed by atoms with Crippen LogP contribution in [0.2, 0.25) is 0 Å². The molecular weight excluding hydrogens is 320 g/mol. The van der Waals surface area contributed by atoms with Gasteiger partial charge in [-0.05, 0) is 35.4 Å². The fourth-order valence-electron chi connectivity index (χ4n) is 2.21. The molecule has 0 fully saturated rings. The van der Waals surface area contributed by atoms with Crippen molar-refractivity contribution in [1.29, 1.82) is 5.26 Å². The van der Waals surface area contributed by atoms with Crippen molar-refractivity contribution >= 4 is 30.0 Å². The predicted octanol–water partition coefficient (Wildman–Crippen LogP) is 5.24. The van der Waals surface area contributed by atoms with Crippen molar-refractivity contribution in [2.45, 2.75) is 0 Å². The lowest BCUT2D eigenvalue weighted by Crippen LogP contribution is -1.86. The number of rotatable bonds is 4. The molecule has 0 aliphatic heterocycles. The summed E-state index contributed by atoms with van der Waals surface area (Å²) in [5.41, 5.74) is 4.78. The Balaban J connectivity index is 1.65. The maximum Gasteiger partial charge on any atom is 0.187 e. The minimum atomic E-state index is 0.625. The largest absolute Gasteiger partial charge is 0.253 e. The van der Waals surface area contributed by atoms with E-state index >= 15 is 0 Å². The minimum absolute atomic E-state index is 0.625. The van der Waals surface area contributed by atoms with Crippen LogP contribution in [0.1, 0.15) is 28.1 Å². The summed E-state index contributed by atoms with van der Waals surface area (Å²) in [6.07, 6.45) is 11.0. The third-order valence-electron chi connectivity index (χ3n) is 3.65. The van der Waals surface area contributed by atoms with Crippen LogP contribution in [0.4, 0.5) is 5.69 Å². The first kappa shape index (κ1) is 16.8. The van der Waals surface area contributed by atoms with E-state index in [9.17, 15) is 0 Å². The van der Waals surface area contributed by atoms with Crippen molar-refractivity contribution in [1.82, 2.24) is 9.97 Å². The van der Waals surface area contributed by atoms with Gasteiger partial charge in [-0.1, -0.05) is 48.6 Å². The van der Waals surface area contributed by atoms with Gasteiger partial charge in [0.15, 0.2) is 5.69 Å². The zero-order chi connectivity index (χ0) is 18.2. The Hall–Kier alpha value is -4.02. The second-order valence-corrected chi connectivity index (χ2v) is 5.47. The number of aromatic nitrogens is 2. The van der Waals surface area contributed by atoms with Crippen molar-refractivity contribution in [3.63, 3.8) is 0 Å². The van der Waals surface area contributed by atoms with Crippen LogP contribution in [0.3, 0.4) is 0 Å². The van der Waals surface area contributed by atoms with Gasteiger partial charge in [0.25, 0.3) is 0 Å². The predicted molar refractivity (Wildman–Crippen MR) is 104 cm³/mol. The molecule has 0 radical (unpaired) electrons. The summed E-state index contributed by atoms with van der Waals surface area (Å²) >= 11 is 0. The molecule has 4 nitrogen and oxygen atoms in total. The van der Waals surface area contributed by atoms with E-state index in [0.717, 1.165) is 22.5 Å². The van der Waals surface area contributed by atoms with Crippen LogP contribution in [-0.2, 0) is 0 Å². The summed E-state index contributed by atoms with van der Waals surface area (Å²) in [7, 11) is 0. The van der Waals surface area contributed by atoms with E-state index < -0.39 is 0 Å². The molecule has 122 valence electrons. The molecule has 0 amide bonds. The molecule has 0 N–H and O–H groups in total. The smallest absolute Gasteiger partial charge is 0.187 e. The Morgan fingerprint density at radius 2 is 1.27 bits per heavy atom. The maximum atomic E-state index is 8.80. The van der Waals surface area contributed by atoms with Gasteiger partial charge in [0, 0.05) is 0 Å². The lowest BCUT2D eigenvalue weighted by molar-refractivity contribution is 1.16.